The molecule has 3 aromatic rings. The predicted octanol–water partition coefficient (Wildman–Crippen LogP) is 3.46. The Bertz CT molecular complexity index is 755. The summed E-state index contributed by atoms with van der Waals surface area (Å²) in [7, 11) is 0. The van der Waals surface area contributed by atoms with Crippen LogP contribution in [-0.4, -0.2) is 28.3 Å². The van der Waals surface area contributed by atoms with Crippen molar-refractivity contribution in [2.75, 3.05) is 23.7 Å². The van der Waals surface area contributed by atoms with E-state index in [1.807, 2.05) is 0 Å². The lowest BCUT2D eigenvalue weighted by atomic mass is 10.1. The lowest BCUT2D eigenvalue weighted by Crippen LogP contribution is -2.12. The molecule has 0 aliphatic heterocycles. The normalized spacial score (nSPS) is 10.5. The minimum absolute atomic E-state index is 0.238. The Labute approximate surface area is 150 Å². The molecule has 0 unspecified atom stereocenters. The molecule has 0 spiro atoms. The first kappa shape index (κ1) is 17.7. The minimum Gasteiger partial charge on any atom is -0.368 e. The number of nitrogens with one attached hydrogen (secondary N) is 2. The number of rotatable bonds is 8. The van der Waals surface area contributed by atoms with Gasteiger partial charge in [-0.3, -0.25) is 0 Å². The van der Waals surface area contributed by atoms with E-state index in [9.17, 15) is 8.78 Å². The molecule has 5 nitrogen and oxygen atoms in total. The monoisotopic (exact) mass is 355 g/mol. The van der Waals surface area contributed by atoms with E-state index in [2.05, 4.69) is 25.8 Å². The zero-order chi connectivity index (χ0) is 18.2. The van der Waals surface area contributed by atoms with Crippen LogP contribution in [0.3, 0.4) is 0 Å². The second-order valence-corrected chi connectivity index (χ2v) is 5.77. The summed E-state index contributed by atoms with van der Waals surface area (Å²) in [4.78, 5) is 4.35. The molecule has 0 radical (unpaired) electrons. The molecule has 0 bridgehead atoms. The topological polar surface area (TPSA) is 62.7 Å². The van der Waals surface area contributed by atoms with Gasteiger partial charge in [0.15, 0.2) is 5.82 Å². The zero-order valence-electron chi connectivity index (χ0n) is 14.1. The molecule has 0 atom stereocenters. The Balaban J connectivity index is 1.45. The van der Waals surface area contributed by atoms with Gasteiger partial charge in [-0.2, -0.15) is 10.1 Å². The summed E-state index contributed by atoms with van der Waals surface area (Å²) in [6, 6.07) is 12.8. The Morgan fingerprint density at radius 2 is 1.27 bits per heavy atom. The molecule has 1 heterocycles. The van der Waals surface area contributed by atoms with Crippen LogP contribution in [0, 0.1) is 11.6 Å². The van der Waals surface area contributed by atoms with Crippen molar-refractivity contribution >= 4 is 11.8 Å². The number of halogens is 2. The largest absolute Gasteiger partial charge is 0.368 e. The molecule has 0 saturated heterocycles. The van der Waals surface area contributed by atoms with E-state index in [1.54, 1.807) is 30.5 Å². The molecule has 2 N–H and O–H groups in total. The van der Waals surface area contributed by atoms with Crippen LogP contribution in [0.25, 0.3) is 0 Å². The zero-order valence-corrected chi connectivity index (χ0v) is 14.1. The Morgan fingerprint density at radius 3 is 1.85 bits per heavy atom. The maximum Gasteiger partial charge on any atom is 0.244 e. The van der Waals surface area contributed by atoms with E-state index in [0.29, 0.717) is 24.9 Å². The van der Waals surface area contributed by atoms with Crippen molar-refractivity contribution in [1.29, 1.82) is 0 Å². The van der Waals surface area contributed by atoms with E-state index in [0.717, 1.165) is 24.0 Å². The van der Waals surface area contributed by atoms with Gasteiger partial charge >= 0.3 is 0 Å². The molecule has 3 rings (SSSR count). The molecule has 7 heteroatoms. The molecular formula is C19H19F2N5. The molecule has 0 amide bonds. The van der Waals surface area contributed by atoms with Gasteiger partial charge < -0.3 is 10.6 Å². The summed E-state index contributed by atoms with van der Waals surface area (Å²) in [6.45, 7) is 1.27. The van der Waals surface area contributed by atoms with E-state index < -0.39 is 0 Å². The fourth-order valence-corrected chi connectivity index (χ4v) is 2.42. The van der Waals surface area contributed by atoms with Crippen molar-refractivity contribution in [3.05, 3.63) is 77.5 Å². The van der Waals surface area contributed by atoms with Gasteiger partial charge in [0.05, 0.1) is 6.20 Å². The van der Waals surface area contributed by atoms with E-state index in [1.165, 1.54) is 24.3 Å². The maximum absolute atomic E-state index is 12.9. The molecule has 2 aromatic carbocycles. The first-order valence-corrected chi connectivity index (χ1v) is 8.35. The minimum atomic E-state index is -0.242. The number of nitrogens with zero attached hydrogens (tertiary/aromatic N) is 3. The second kappa shape index (κ2) is 8.84. The van der Waals surface area contributed by atoms with Crippen LogP contribution in [0.5, 0.6) is 0 Å². The van der Waals surface area contributed by atoms with Gasteiger partial charge in [-0.15, -0.1) is 5.10 Å². The number of anilines is 2. The smallest absolute Gasteiger partial charge is 0.244 e. The molecule has 0 aliphatic rings. The predicted molar refractivity (Wildman–Crippen MR) is 97.0 cm³/mol. The van der Waals surface area contributed by atoms with Gasteiger partial charge in [-0.25, -0.2) is 8.78 Å². The van der Waals surface area contributed by atoms with Crippen molar-refractivity contribution in [2.45, 2.75) is 12.8 Å². The van der Waals surface area contributed by atoms with E-state index >= 15 is 0 Å². The van der Waals surface area contributed by atoms with Crippen molar-refractivity contribution in [1.82, 2.24) is 15.2 Å². The molecule has 0 saturated carbocycles. The summed E-state index contributed by atoms with van der Waals surface area (Å²) in [5, 5.41) is 14.1. The third kappa shape index (κ3) is 5.47. The fourth-order valence-electron chi connectivity index (χ4n) is 2.42. The van der Waals surface area contributed by atoms with Crippen LogP contribution in [0.15, 0.2) is 54.7 Å². The van der Waals surface area contributed by atoms with Crippen LogP contribution in [0.2, 0.25) is 0 Å². The number of aromatic nitrogens is 3. The summed E-state index contributed by atoms with van der Waals surface area (Å²) in [5.74, 6) is 0.567. The average Bonchev–Trinajstić information content (AvgIpc) is 2.65. The van der Waals surface area contributed by atoms with Crippen LogP contribution in [0.4, 0.5) is 20.5 Å². The van der Waals surface area contributed by atoms with Crippen LogP contribution in [0.1, 0.15) is 11.1 Å². The quantitative estimate of drug-likeness (QED) is 0.648. The van der Waals surface area contributed by atoms with E-state index in [-0.39, 0.29) is 11.6 Å². The van der Waals surface area contributed by atoms with Gasteiger partial charge in [-0.05, 0) is 48.2 Å². The lowest BCUT2D eigenvalue weighted by Gasteiger charge is -2.08. The molecule has 26 heavy (non-hydrogen) atoms. The van der Waals surface area contributed by atoms with E-state index in [4.69, 9.17) is 0 Å². The highest BCUT2D eigenvalue weighted by Gasteiger charge is 2.01. The summed E-state index contributed by atoms with van der Waals surface area (Å²) in [6.07, 6.45) is 3.03. The molecular weight excluding hydrogens is 336 g/mol. The van der Waals surface area contributed by atoms with Crippen LogP contribution < -0.4 is 10.6 Å². The highest BCUT2D eigenvalue weighted by Crippen LogP contribution is 2.07. The number of hydrogen-bond donors (Lipinski definition) is 2. The molecule has 0 aliphatic carbocycles. The summed E-state index contributed by atoms with van der Waals surface area (Å²) < 4.78 is 25.8. The SMILES string of the molecule is Fc1ccc(CCNc2cnnc(NCCc3ccc(F)cc3)n2)cc1. The second-order valence-electron chi connectivity index (χ2n) is 5.77. The van der Waals surface area contributed by atoms with Gasteiger partial charge in [0.25, 0.3) is 0 Å². The first-order chi connectivity index (χ1) is 12.7. The van der Waals surface area contributed by atoms with Gasteiger partial charge in [0.2, 0.25) is 5.95 Å². The standard InChI is InChI=1S/C19H19F2N5/c20-16-5-1-14(2-6-16)9-11-22-18-13-24-26-19(25-18)23-12-10-15-3-7-17(21)8-4-15/h1-8,13H,9-12H2,(H2,22,23,25,26). The van der Waals surface area contributed by atoms with Crippen molar-refractivity contribution in [3.63, 3.8) is 0 Å². The Morgan fingerprint density at radius 1 is 0.731 bits per heavy atom. The van der Waals surface area contributed by atoms with Crippen LogP contribution in [-0.2, 0) is 12.8 Å². The fraction of sp³-hybridized carbons (Fsp3) is 0.211. The molecule has 1 aromatic heterocycles. The van der Waals surface area contributed by atoms with Gasteiger partial charge in [0.1, 0.15) is 11.6 Å². The highest BCUT2D eigenvalue weighted by atomic mass is 19.1. The average molecular weight is 355 g/mol. The third-order valence-electron chi connectivity index (χ3n) is 3.80. The number of hydrogen-bond acceptors (Lipinski definition) is 5. The van der Waals surface area contributed by atoms with Gasteiger partial charge in [0, 0.05) is 13.1 Å². The Hall–Kier alpha value is -3.09. The first-order valence-electron chi connectivity index (χ1n) is 8.35. The highest BCUT2D eigenvalue weighted by molar-refractivity contribution is 5.37. The van der Waals surface area contributed by atoms with Crippen molar-refractivity contribution in [3.8, 4) is 0 Å². The Kier molecular flexibility index (Phi) is 6.03. The lowest BCUT2D eigenvalue weighted by molar-refractivity contribution is 0.626. The summed E-state index contributed by atoms with van der Waals surface area (Å²) >= 11 is 0. The van der Waals surface area contributed by atoms with Crippen molar-refractivity contribution < 1.29 is 8.78 Å². The summed E-state index contributed by atoms with van der Waals surface area (Å²) in [5.41, 5.74) is 2.07. The third-order valence-corrected chi connectivity index (χ3v) is 3.80. The number of benzene rings is 2. The van der Waals surface area contributed by atoms with Crippen molar-refractivity contribution in [2.24, 2.45) is 0 Å². The van der Waals surface area contributed by atoms with Crippen LogP contribution >= 0.6 is 0 Å². The molecule has 134 valence electrons. The maximum atomic E-state index is 12.9. The van der Waals surface area contributed by atoms with Gasteiger partial charge in [-0.1, -0.05) is 24.3 Å². The molecule has 0 fully saturated rings.